The number of aryl methyl sites for hydroxylation is 1. The van der Waals surface area contributed by atoms with E-state index in [2.05, 4.69) is 11.6 Å². The minimum Gasteiger partial charge on any atom is -0.399 e. The second-order valence-electron chi connectivity index (χ2n) is 6.23. The molecule has 0 heterocycles. The number of rotatable bonds is 5. The molecule has 1 aliphatic rings. The molecule has 1 aromatic carbocycles. The first-order chi connectivity index (χ1) is 9.90. The van der Waals surface area contributed by atoms with Crippen LogP contribution in [0.4, 0.5) is 5.69 Å². The first-order valence-electron chi connectivity index (χ1n) is 7.77. The lowest BCUT2D eigenvalue weighted by molar-refractivity contribution is 0.270. The van der Waals surface area contributed by atoms with Crippen molar-refractivity contribution in [3.05, 3.63) is 23.8 Å². The summed E-state index contributed by atoms with van der Waals surface area (Å²) in [6.45, 7) is 4.61. The average Bonchev–Trinajstić information content (AvgIpc) is 2.45. The van der Waals surface area contributed by atoms with E-state index in [0.717, 1.165) is 24.3 Å². The highest BCUT2D eigenvalue weighted by Crippen LogP contribution is 2.30. The summed E-state index contributed by atoms with van der Waals surface area (Å²) in [6.07, 6.45) is 5.93. The van der Waals surface area contributed by atoms with Gasteiger partial charge in [0.05, 0.1) is 4.90 Å². The van der Waals surface area contributed by atoms with E-state index in [4.69, 9.17) is 5.73 Å². The quantitative estimate of drug-likeness (QED) is 0.821. The first kappa shape index (κ1) is 16.3. The van der Waals surface area contributed by atoms with Gasteiger partial charge < -0.3 is 5.73 Å². The van der Waals surface area contributed by atoms with Crippen LogP contribution in [0.25, 0.3) is 0 Å². The lowest BCUT2D eigenvalue weighted by atomic mass is 9.81. The van der Waals surface area contributed by atoms with Crippen molar-refractivity contribution >= 4 is 15.7 Å². The SMILES string of the molecule is CCC1CCC(CNS(=O)(=O)c2cc(C)cc(N)c2)CC1. The van der Waals surface area contributed by atoms with Crippen LogP contribution in [-0.4, -0.2) is 15.0 Å². The molecule has 0 unspecified atom stereocenters. The third-order valence-corrected chi connectivity index (χ3v) is 5.89. The normalized spacial score (nSPS) is 23.1. The summed E-state index contributed by atoms with van der Waals surface area (Å²) in [5, 5.41) is 0. The van der Waals surface area contributed by atoms with Gasteiger partial charge in [-0.3, -0.25) is 0 Å². The summed E-state index contributed by atoms with van der Waals surface area (Å²) in [4.78, 5) is 0.266. The van der Waals surface area contributed by atoms with Crippen molar-refractivity contribution in [2.75, 3.05) is 12.3 Å². The largest absolute Gasteiger partial charge is 0.399 e. The van der Waals surface area contributed by atoms with Crippen molar-refractivity contribution in [1.29, 1.82) is 0 Å². The third kappa shape index (κ3) is 4.45. The highest BCUT2D eigenvalue weighted by molar-refractivity contribution is 7.89. The maximum atomic E-state index is 12.3. The second-order valence-corrected chi connectivity index (χ2v) is 7.99. The minimum absolute atomic E-state index is 0.266. The van der Waals surface area contributed by atoms with Crippen molar-refractivity contribution in [1.82, 2.24) is 4.72 Å². The molecule has 0 saturated heterocycles. The molecule has 1 aliphatic carbocycles. The molecule has 1 fully saturated rings. The number of nitrogens with one attached hydrogen (secondary N) is 1. The van der Waals surface area contributed by atoms with Crippen LogP contribution in [-0.2, 0) is 10.0 Å². The Morgan fingerprint density at radius 1 is 1.14 bits per heavy atom. The monoisotopic (exact) mass is 310 g/mol. The summed E-state index contributed by atoms with van der Waals surface area (Å²) >= 11 is 0. The van der Waals surface area contributed by atoms with E-state index in [1.54, 1.807) is 12.1 Å². The van der Waals surface area contributed by atoms with Gasteiger partial charge in [-0.05, 0) is 55.4 Å². The Bertz CT molecular complexity index is 556. The molecule has 0 amide bonds. The van der Waals surface area contributed by atoms with Crippen LogP contribution in [0.2, 0.25) is 0 Å². The van der Waals surface area contributed by atoms with E-state index in [1.807, 2.05) is 6.92 Å². The minimum atomic E-state index is -3.45. The Labute approximate surface area is 128 Å². The van der Waals surface area contributed by atoms with Crippen molar-refractivity contribution in [3.63, 3.8) is 0 Å². The molecule has 2 rings (SSSR count). The van der Waals surface area contributed by atoms with Crippen LogP contribution < -0.4 is 10.5 Å². The Balaban J connectivity index is 1.95. The molecule has 21 heavy (non-hydrogen) atoms. The van der Waals surface area contributed by atoms with Gasteiger partial charge in [-0.15, -0.1) is 0 Å². The molecular weight excluding hydrogens is 284 g/mol. The highest BCUT2D eigenvalue weighted by Gasteiger charge is 2.22. The van der Waals surface area contributed by atoms with Gasteiger partial charge in [0.25, 0.3) is 0 Å². The van der Waals surface area contributed by atoms with E-state index in [-0.39, 0.29) is 4.90 Å². The van der Waals surface area contributed by atoms with Crippen molar-refractivity contribution in [2.24, 2.45) is 11.8 Å². The van der Waals surface area contributed by atoms with Gasteiger partial charge in [0, 0.05) is 12.2 Å². The number of hydrogen-bond acceptors (Lipinski definition) is 3. The summed E-state index contributed by atoms with van der Waals surface area (Å²) in [5.74, 6) is 1.29. The van der Waals surface area contributed by atoms with Gasteiger partial charge in [0.2, 0.25) is 10.0 Å². The molecule has 0 radical (unpaired) electrons. The number of anilines is 1. The van der Waals surface area contributed by atoms with Crippen LogP contribution in [0.3, 0.4) is 0 Å². The van der Waals surface area contributed by atoms with Gasteiger partial charge >= 0.3 is 0 Å². The second kappa shape index (κ2) is 6.79. The van der Waals surface area contributed by atoms with Crippen LogP contribution in [0, 0.1) is 18.8 Å². The van der Waals surface area contributed by atoms with E-state index in [1.165, 1.54) is 25.3 Å². The third-order valence-electron chi connectivity index (χ3n) is 4.49. The van der Waals surface area contributed by atoms with Crippen molar-refractivity contribution in [3.8, 4) is 0 Å². The lowest BCUT2D eigenvalue weighted by Gasteiger charge is -2.27. The summed E-state index contributed by atoms with van der Waals surface area (Å²) in [5.41, 5.74) is 7.08. The Hall–Kier alpha value is -1.07. The molecule has 3 N–H and O–H groups in total. The molecule has 0 aromatic heterocycles. The van der Waals surface area contributed by atoms with Crippen LogP contribution in [0.5, 0.6) is 0 Å². The predicted octanol–water partition coefficient (Wildman–Crippen LogP) is 3.07. The molecular formula is C16H26N2O2S. The average molecular weight is 310 g/mol. The zero-order chi connectivity index (χ0) is 15.5. The molecule has 1 saturated carbocycles. The van der Waals surface area contributed by atoms with Gasteiger partial charge in [-0.1, -0.05) is 26.2 Å². The zero-order valence-electron chi connectivity index (χ0n) is 12.9. The summed E-state index contributed by atoms with van der Waals surface area (Å²) in [7, 11) is -3.45. The Morgan fingerprint density at radius 2 is 1.76 bits per heavy atom. The van der Waals surface area contributed by atoms with Gasteiger partial charge in [0.1, 0.15) is 0 Å². The molecule has 118 valence electrons. The number of nitrogens with two attached hydrogens (primary N) is 1. The molecule has 0 aliphatic heterocycles. The molecule has 0 bridgehead atoms. The standard InChI is InChI=1S/C16H26N2O2S/c1-3-13-4-6-14(7-5-13)11-18-21(19,20)16-9-12(2)8-15(17)10-16/h8-10,13-14,18H,3-7,11,17H2,1-2H3. The number of nitrogen functional groups attached to an aromatic ring is 1. The molecule has 0 spiro atoms. The molecule has 5 heteroatoms. The van der Waals surface area contributed by atoms with E-state index >= 15 is 0 Å². The predicted molar refractivity (Wildman–Crippen MR) is 86.5 cm³/mol. The Kier molecular flexibility index (Phi) is 5.27. The molecule has 4 nitrogen and oxygen atoms in total. The van der Waals surface area contributed by atoms with Crippen molar-refractivity contribution < 1.29 is 8.42 Å². The maximum absolute atomic E-state index is 12.3. The lowest BCUT2D eigenvalue weighted by Crippen LogP contribution is -2.31. The van der Waals surface area contributed by atoms with Crippen molar-refractivity contribution in [2.45, 2.75) is 50.8 Å². The number of benzene rings is 1. The van der Waals surface area contributed by atoms with Crippen LogP contribution >= 0.6 is 0 Å². The smallest absolute Gasteiger partial charge is 0.240 e. The first-order valence-corrected chi connectivity index (χ1v) is 9.26. The maximum Gasteiger partial charge on any atom is 0.240 e. The number of sulfonamides is 1. The zero-order valence-corrected chi connectivity index (χ0v) is 13.7. The van der Waals surface area contributed by atoms with E-state index in [9.17, 15) is 8.42 Å². The fourth-order valence-corrected chi connectivity index (χ4v) is 4.34. The molecule has 0 atom stereocenters. The van der Waals surface area contributed by atoms with Gasteiger partial charge in [0.15, 0.2) is 0 Å². The fourth-order valence-electron chi connectivity index (χ4n) is 3.09. The van der Waals surface area contributed by atoms with E-state index < -0.39 is 10.0 Å². The topological polar surface area (TPSA) is 72.2 Å². The Morgan fingerprint density at radius 3 is 2.33 bits per heavy atom. The van der Waals surface area contributed by atoms with Gasteiger partial charge in [-0.2, -0.15) is 0 Å². The van der Waals surface area contributed by atoms with E-state index in [0.29, 0.717) is 18.2 Å². The summed E-state index contributed by atoms with van der Waals surface area (Å²) < 4.78 is 27.4. The molecule has 1 aromatic rings. The number of hydrogen-bond donors (Lipinski definition) is 2. The van der Waals surface area contributed by atoms with Crippen LogP contribution in [0.15, 0.2) is 23.1 Å². The fraction of sp³-hybridized carbons (Fsp3) is 0.625. The highest BCUT2D eigenvalue weighted by atomic mass is 32.2. The van der Waals surface area contributed by atoms with Gasteiger partial charge in [-0.25, -0.2) is 13.1 Å². The van der Waals surface area contributed by atoms with Crippen LogP contribution in [0.1, 0.15) is 44.6 Å². The summed E-state index contributed by atoms with van der Waals surface area (Å²) in [6, 6.07) is 4.95.